The molecular formula is C11H9NOS. The first-order valence-electron chi connectivity index (χ1n) is 4.22. The van der Waals surface area contributed by atoms with Crippen LogP contribution in [0.15, 0.2) is 46.8 Å². The molecule has 14 heavy (non-hydrogen) atoms. The van der Waals surface area contributed by atoms with E-state index in [0.29, 0.717) is 0 Å². The summed E-state index contributed by atoms with van der Waals surface area (Å²) in [6.07, 6.45) is 1.67. The van der Waals surface area contributed by atoms with Crippen LogP contribution in [0.5, 0.6) is 5.75 Å². The van der Waals surface area contributed by atoms with Crippen molar-refractivity contribution in [3.8, 4) is 5.75 Å². The monoisotopic (exact) mass is 203 g/mol. The minimum absolute atomic E-state index is 0.257. The van der Waals surface area contributed by atoms with E-state index < -0.39 is 0 Å². The molecule has 0 aliphatic carbocycles. The van der Waals surface area contributed by atoms with Crippen LogP contribution in [0.3, 0.4) is 0 Å². The van der Waals surface area contributed by atoms with Gasteiger partial charge in [0.1, 0.15) is 10.8 Å². The highest BCUT2D eigenvalue weighted by Crippen LogP contribution is 2.20. The standard InChI is InChI=1S/C11H9NOS/c13-10-5-2-1-4-9(10)8-12-11-6-3-7-14-11/h1-8,13H. The Labute approximate surface area is 86.2 Å². The predicted octanol–water partition coefficient (Wildman–Crippen LogP) is 3.20. The number of thiophene rings is 1. The topological polar surface area (TPSA) is 32.6 Å². The van der Waals surface area contributed by atoms with Crippen molar-refractivity contribution in [1.29, 1.82) is 0 Å². The lowest BCUT2D eigenvalue weighted by molar-refractivity contribution is 0.474. The summed E-state index contributed by atoms with van der Waals surface area (Å²) in [5.41, 5.74) is 0.737. The smallest absolute Gasteiger partial charge is 0.124 e. The summed E-state index contributed by atoms with van der Waals surface area (Å²) < 4.78 is 0. The Morgan fingerprint density at radius 3 is 2.71 bits per heavy atom. The van der Waals surface area contributed by atoms with Crippen molar-refractivity contribution in [2.24, 2.45) is 4.99 Å². The second kappa shape index (κ2) is 4.07. The zero-order valence-corrected chi connectivity index (χ0v) is 8.24. The molecule has 1 aromatic heterocycles. The maximum atomic E-state index is 9.45. The lowest BCUT2D eigenvalue weighted by Crippen LogP contribution is -1.79. The van der Waals surface area contributed by atoms with E-state index in [2.05, 4.69) is 4.99 Å². The fourth-order valence-corrected chi connectivity index (χ4v) is 1.64. The first-order valence-corrected chi connectivity index (χ1v) is 5.10. The number of hydrogen-bond acceptors (Lipinski definition) is 3. The van der Waals surface area contributed by atoms with Crippen molar-refractivity contribution in [3.63, 3.8) is 0 Å². The minimum atomic E-state index is 0.257. The normalized spacial score (nSPS) is 10.9. The quantitative estimate of drug-likeness (QED) is 0.747. The van der Waals surface area contributed by atoms with E-state index in [-0.39, 0.29) is 5.75 Å². The van der Waals surface area contributed by atoms with Crippen LogP contribution >= 0.6 is 11.3 Å². The van der Waals surface area contributed by atoms with E-state index in [9.17, 15) is 5.11 Å². The summed E-state index contributed by atoms with van der Waals surface area (Å²) in [5, 5.41) is 12.4. The van der Waals surface area contributed by atoms with Crippen LogP contribution in [0, 0.1) is 0 Å². The summed E-state index contributed by atoms with van der Waals surface area (Å²) in [6, 6.07) is 11.0. The van der Waals surface area contributed by atoms with Crippen molar-refractivity contribution >= 4 is 22.6 Å². The highest BCUT2D eigenvalue weighted by Gasteiger charge is 1.94. The van der Waals surface area contributed by atoms with Gasteiger partial charge in [-0.2, -0.15) is 0 Å². The molecule has 1 heterocycles. The van der Waals surface area contributed by atoms with Gasteiger partial charge in [0.05, 0.1) is 0 Å². The van der Waals surface area contributed by atoms with Gasteiger partial charge in [-0.25, -0.2) is 4.99 Å². The molecule has 0 aliphatic rings. The van der Waals surface area contributed by atoms with Gasteiger partial charge in [-0.15, -0.1) is 11.3 Å². The Morgan fingerprint density at radius 1 is 1.14 bits per heavy atom. The molecule has 0 saturated heterocycles. The first kappa shape index (κ1) is 8.97. The van der Waals surface area contributed by atoms with Crippen molar-refractivity contribution in [2.75, 3.05) is 0 Å². The molecular weight excluding hydrogens is 194 g/mol. The molecule has 70 valence electrons. The van der Waals surface area contributed by atoms with Crippen LogP contribution in [-0.2, 0) is 0 Å². The van der Waals surface area contributed by atoms with Gasteiger partial charge in [0, 0.05) is 11.8 Å². The average molecular weight is 203 g/mol. The largest absolute Gasteiger partial charge is 0.507 e. The van der Waals surface area contributed by atoms with Crippen LogP contribution in [0.25, 0.3) is 0 Å². The maximum Gasteiger partial charge on any atom is 0.124 e. The number of benzene rings is 1. The number of phenols is 1. The Morgan fingerprint density at radius 2 is 2.00 bits per heavy atom. The molecule has 0 aliphatic heterocycles. The van der Waals surface area contributed by atoms with E-state index in [1.54, 1.807) is 29.7 Å². The Kier molecular flexibility index (Phi) is 2.60. The number of para-hydroxylation sites is 1. The highest BCUT2D eigenvalue weighted by atomic mass is 32.1. The zero-order valence-electron chi connectivity index (χ0n) is 7.42. The molecule has 0 fully saturated rings. The molecule has 0 spiro atoms. The van der Waals surface area contributed by atoms with E-state index in [0.717, 1.165) is 10.6 Å². The number of aliphatic imine (C=N–C) groups is 1. The fourth-order valence-electron chi connectivity index (χ4n) is 1.07. The van der Waals surface area contributed by atoms with Gasteiger partial charge in [-0.1, -0.05) is 12.1 Å². The van der Waals surface area contributed by atoms with Crippen LogP contribution in [-0.4, -0.2) is 11.3 Å². The van der Waals surface area contributed by atoms with Gasteiger partial charge in [0.2, 0.25) is 0 Å². The van der Waals surface area contributed by atoms with Crippen LogP contribution in [0.4, 0.5) is 5.00 Å². The number of nitrogens with zero attached hydrogens (tertiary/aromatic N) is 1. The second-order valence-corrected chi connectivity index (χ2v) is 3.69. The highest BCUT2D eigenvalue weighted by molar-refractivity contribution is 7.13. The molecule has 0 unspecified atom stereocenters. The first-order chi connectivity index (χ1) is 6.86. The van der Waals surface area contributed by atoms with E-state index in [4.69, 9.17) is 0 Å². The van der Waals surface area contributed by atoms with Crippen molar-refractivity contribution < 1.29 is 5.11 Å². The minimum Gasteiger partial charge on any atom is -0.507 e. The molecule has 2 nitrogen and oxygen atoms in total. The fraction of sp³-hybridized carbons (Fsp3) is 0. The molecule has 0 amide bonds. The van der Waals surface area contributed by atoms with Gasteiger partial charge in [0.15, 0.2) is 0 Å². The van der Waals surface area contributed by atoms with Gasteiger partial charge in [0.25, 0.3) is 0 Å². The molecule has 1 aromatic carbocycles. The number of rotatable bonds is 2. The predicted molar refractivity (Wildman–Crippen MR) is 59.7 cm³/mol. The third kappa shape index (κ3) is 2.00. The zero-order chi connectivity index (χ0) is 9.80. The summed E-state index contributed by atoms with van der Waals surface area (Å²) >= 11 is 1.57. The van der Waals surface area contributed by atoms with Gasteiger partial charge in [-0.05, 0) is 29.6 Å². The molecule has 2 aromatic rings. The average Bonchev–Trinajstić information content (AvgIpc) is 2.69. The molecule has 0 bridgehead atoms. The van der Waals surface area contributed by atoms with Crippen LogP contribution < -0.4 is 0 Å². The number of hydrogen-bond donors (Lipinski definition) is 1. The molecule has 1 N–H and O–H groups in total. The third-order valence-corrected chi connectivity index (χ3v) is 2.55. The molecule has 3 heteroatoms. The summed E-state index contributed by atoms with van der Waals surface area (Å²) in [6.45, 7) is 0. The Bertz CT molecular complexity index is 434. The lowest BCUT2D eigenvalue weighted by atomic mass is 10.2. The van der Waals surface area contributed by atoms with E-state index in [1.807, 2.05) is 29.6 Å². The molecule has 2 rings (SSSR count). The molecule has 0 atom stereocenters. The van der Waals surface area contributed by atoms with E-state index in [1.165, 1.54) is 0 Å². The Hall–Kier alpha value is -1.61. The molecule has 0 saturated carbocycles. The second-order valence-electron chi connectivity index (χ2n) is 2.77. The molecule has 0 radical (unpaired) electrons. The van der Waals surface area contributed by atoms with Crippen LogP contribution in [0.1, 0.15) is 5.56 Å². The van der Waals surface area contributed by atoms with Gasteiger partial charge in [-0.3, -0.25) is 0 Å². The summed E-state index contributed by atoms with van der Waals surface area (Å²) in [5.74, 6) is 0.257. The SMILES string of the molecule is Oc1ccccc1C=Nc1cccs1. The van der Waals surface area contributed by atoms with Crippen molar-refractivity contribution in [1.82, 2.24) is 0 Å². The summed E-state index contributed by atoms with van der Waals surface area (Å²) in [4.78, 5) is 4.23. The number of aromatic hydroxyl groups is 1. The van der Waals surface area contributed by atoms with Gasteiger partial charge >= 0.3 is 0 Å². The summed E-state index contributed by atoms with van der Waals surface area (Å²) in [7, 11) is 0. The van der Waals surface area contributed by atoms with Crippen molar-refractivity contribution in [2.45, 2.75) is 0 Å². The van der Waals surface area contributed by atoms with Crippen molar-refractivity contribution in [3.05, 3.63) is 47.3 Å². The van der Waals surface area contributed by atoms with Gasteiger partial charge < -0.3 is 5.11 Å². The Balaban J connectivity index is 2.23. The van der Waals surface area contributed by atoms with Crippen LogP contribution in [0.2, 0.25) is 0 Å². The maximum absolute atomic E-state index is 9.45. The lowest BCUT2D eigenvalue weighted by Gasteiger charge is -1.95. The number of phenolic OH excluding ortho intramolecular Hbond substituents is 1. The van der Waals surface area contributed by atoms with E-state index >= 15 is 0 Å². The third-order valence-electron chi connectivity index (χ3n) is 1.77.